The molecule has 0 aromatic heterocycles. The van der Waals surface area contributed by atoms with Gasteiger partial charge in [-0.3, -0.25) is 0 Å². The summed E-state index contributed by atoms with van der Waals surface area (Å²) in [5, 5.41) is 3.11. The highest BCUT2D eigenvalue weighted by Crippen LogP contribution is 2.39. The van der Waals surface area contributed by atoms with E-state index in [1.54, 1.807) is 14.2 Å². The molecule has 1 aliphatic heterocycles. The van der Waals surface area contributed by atoms with Gasteiger partial charge in [-0.25, -0.2) is 4.99 Å². The van der Waals surface area contributed by atoms with Crippen molar-refractivity contribution in [2.75, 3.05) is 26.1 Å². The Kier molecular flexibility index (Phi) is 6.34. The molecule has 0 spiro atoms. The number of anilines is 1. The Morgan fingerprint density at radius 2 is 2.09 bits per heavy atom. The number of hydrogen-bond donors (Lipinski definition) is 2. The second kappa shape index (κ2) is 8.05. The first-order valence-corrected chi connectivity index (χ1v) is 7.65. The summed E-state index contributed by atoms with van der Waals surface area (Å²) in [4.78, 5) is 4.59. The van der Waals surface area contributed by atoms with Gasteiger partial charge in [-0.1, -0.05) is 0 Å². The summed E-state index contributed by atoms with van der Waals surface area (Å²) >= 11 is 0. The summed E-state index contributed by atoms with van der Waals surface area (Å²) in [5.41, 5.74) is 6.85. The van der Waals surface area contributed by atoms with Crippen LogP contribution in [0.15, 0.2) is 23.2 Å². The monoisotopic (exact) mass is 433 g/mol. The molecule has 1 aromatic rings. The van der Waals surface area contributed by atoms with E-state index in [4.69, 9.17) is 19.9 Å². The number of guanidine groups is 1. The van der Waals surface area contributed by atoms with Crippen molar-refractivity contribution in [3.05, 3.63) is 18.2 Å². The standard InChI is InChI=1S/C16H23N3O3.HI/c1-20-13-6-5-10(8-15(13)21-2)18-16(17)19-12-9-14-11(12)4-3-7-22-14;/h5-6,8,11-12,14H,3-4,7,9H2,1-2H3,(H3,17,18,19);1H. The molecule has 6 nitrogen and oxygen atoms in total. The van der Waals surface area contributed by atoms with Crippen molar-refractivity contribution >= 4 is 35.6 Å². The van der Waals surface area contributed by atoms with Crippen LogP contribution in [0.4, 0.5) is 5.69 Å². The van der Waals surface area contributed by atoms with Crippen LogP contribution < -0.4 is 20.5 Å². The Morgan fingerprint density at radius 3 is 2.78 bits per heavy atom. The van der Waals surface area contributed by atoms with Gasteiger partial charge in [0, 0.05) is 24.3 Å². The van der Waals surface area contributed by atoms with Crippen molar-refractivity contribution < 1.29 is 14.2 Å². The van der Waals surface area contributed by atoms with Crippen molar-refractivity contribution in [1.82, 2.24) is 0 Å². The minimum Gasteiger partial charge on any atom is -0.493 e. The Balaban J connectivity index is 0.00000192. The van der Waals surface area contributed by atoms with Crippen LogP contribution in [0.1, 0.15) is 19.3 Å². The van der Waals surface area contributed by atoms with E-state index in [9.17, 15) is 0 Å². The molecule has 0 amide bonds. The molecule has 7 heteroatoms. The minimum absolute atomic E-state index is 0. The molecule has 3 rings (SSSR count). The Bertz CT molecular complexity index is 568. The second-order valence-corrected chi connectivity index (χ2v) is 5.73. The molecule has 0 bridgehead atoms. The van der Waals surface area contributed by atoms with Crippen molar-refractivity contribution in [2.24, 2.45) is 16.6 Å². The molecule has 1 aliphatic carbocycles. The van der Waals surface area contributed by atoms with Gasteiger partial charge in [0.05, 0.1) is 26.4 Å². The fourth-order valence-corrected chi connectivity index (χ4v) is 3.18. The summed E-state index contributed by atoms with van der Waals surface area (Å²) in [6.45, 7) is 0.886. The Labute approximate surface area is 153 Å². The average Bonchev–Trinajstić information content (AvgIpc) is 2.52. The number of fused-ring (bicyclic) bond motifs is 1. The molecule has 1 saturated heterocycles. The number of aliphatic imine (C=N–C) groups is 1. The van der Waals surface area contributed by atoms with Crippen molar-refractivity contribution in [3.63, 3.8) is 0 Å². The molecule has 3 unspecified atom stereocenters. The lowest BCUT2D eigenvalue weighted by Crippen LogP contribution is -2.49. The molecule has 1 aromatic carbocycles. The number of halogens is 1. The number of nitrogens with zero attached hydrogens (tertiary/aromatic N) is 1. The lowest BCUT2D eigenvalue weighted by Gasteiger charge is -2.45. The van der Waals surface area contributed by atoms with Gasteiger partial charge in [0.2, 0.25) is 0 Å². The average molecular weight is 433 g/mol. The first kappa shape index (κ1) is 18.1. The number of nitrogens with two attached hydrogens (primary N) is 1. The number of hydrogen-bond acceptors (Lipinski definition) is 4. The maximum atomic E-state index is 6.03. The second-order valence-electron chi connectivity index (χ2n) is 5.73. The van der Waals surface area contributed by atoms with Gasteiger partial charge < -0.3 is 25.3 Å². The third-order valence-electron chi connectivity index (χ3n) is 4.42. The van der Waals surface area contributed by atoms with E-state index in [0.29, 0.717) is 29.5 Å². The molecule has 0 radical (unpaired) electrons. The van der Waals surface area contributed by atoms with Gasteiger partial charge in [-0.05, 0) is 31.4 Å². The van der Waals surface area contributed by atoms with Gasteiger partial charge in [-0.15, -0.1) is 24.0 Å². The van der Waals surface area contributed by atoms with Crippen molar-refractivity contribution in [2.45, 2.75) is 31.4 Å². The zero-order chi connectivity index (χ0) is 15.5. The van der Waals surface area contributed by atoms with Gasteiger partial charge in [-0.2, -0.15) is 0 Å². The zero-order valence-electron chi connectivity index (χ0n) is 13.5. The van der Waals surface area contributed by atoms with Gasteiger partial charge >= 0.3 is 0 Å². The number of methoxy groups -OCH3 is 2. The van der Waals surface area contributed by atoms with Gasteiger partial charge in [0.1, 0.15) is 0 Å². The summed E-state index contributed by atoms with van der Waals surface area (Å²) in [7, 11) is 3.22. The van der Waals surface area contributed by atoms with Crippen LogP contribution in [0.5, 0.6) is 11.5 Å². The first-order chi connectivity index (χ1) is 10.7. The Morgan fingerprint density at radius 1 is 1.30 bits per heavy atom. The number of rotatable bonds is 4. The molecule has 3 atom stereocenters. The van der Waals surface area contributed by atoms with Crippen LogP contribution in [-0.2, 0) is 4.74 Å². The summed E-state index contributed by atoms with van der Waals surface area (Å²) in [5.74, 6) is 2.30. The van der Waals surface area contributed by atoms with Crippen LogP contribution >= 0.6 is 24.0 Å². The molecule has 2 fully saturated rings. The molecule has 3 N–H and O–H groups in total. The summed E-state index contributed by atoms with van der Waals surface area (Å²) < 4.78 is 16.2. The summed E-state index contributed by atoms with van der Waals surface area (Å²) in [6, 6.07) is 5.84. The lowest BCUT2D eigenvalue weighted by atomic mass is 9.73. The maximum Gasteiger partial charge on any atom is 0.193 e. The molecule has 1 heterocycles. The fourth-order valence-electron chi connectivity index (χ4n) is 3.18. The SMILES string of the molecule is COc1ccc(NC(N)=NC2CC3OCCCC23)cc1OC.I. The zero-order valence-corrected chi connectivity index (χ0v) is 15.8. The molecule has 1 saturated carbocycles. The maximum absolute atomic E-state index is 6.03. The third kappa shape index (κ3) is 4.00. The van der Waals surface area contributed by atoms with Crippen LogP contribution in [0.2, 0.25) is 0 Å². The predicted molar refractivity (Wildman–Crippen MR) is 101 cm³/mol. The number of ether oxygens (including phenoxy) is 3. The van der Waals surface area contributed by atoms with E-state index >= 15 is 0 Å². The first-order valence-electron chi connectivity index (χ1n) is 7.65. The molecule has 2 aliphatic rings. The van der Waals surface area contributed by atoms with E-state index in [-0.39, 0.29) is 30.0 Å². The van der Waals surface area contributed by atoms with Crippen molar-refractivity contribution in [3.8, 4) is 11.5 Å². The Hall–Kier alpha value is -1.22. The highest BCUT2D eigenvalue weighted by molar-refractivity contribution is 14.0. The number of nitrogens with one attached hydrogen (secondary N) is 1. The predicted octanol–water partition coefficient (Wildman–Crippen LogP) is 2.62. The van der Waals surface area contributed by atoms with Crippen LogP contribution in [0, 0.1) is 5.92 Å². The van der Waals surface area contributed by atoms with E-state index in [2.05, 4.69) is 10.3 Å². The molecule has 23 heavy (non-hydrogen) atoms. The molecular formula is C16H24IN3O3. The van der Waals surface area contributed by atoms with Gasteiger partial charge in [0.15, 0.2) is 17.5 Å². The van der Waals surface area contributed by atoms with Crippen molar-refractivity contribution in [1.29, 1.82) is 0 Å². The van der Waals surface area contributed by atoms with E-state index in [1.807, 2.05) is 18.2 Å². The number of benzene rings is 1. The third-order valence-corrected chi connectivity index (χ3v) is 4.42. The summed E-state index contributed by atoms with van der Waals surface area (Å²) in [6.07, 6.45) is 3.66. The minimum atomic E-state index is 0. The van der Waals surface area contributed by atoms with E-state index in [1.165, 1.54) is 6.42 Å². The van der Waals surface area contributed by atoms with Gasteiger partial charge in [0.25, 0.3) is 0 Å². The van der Waals surface area contributed by atoms with E-state index in [0.717, 1.165) is 25.1 Å². The normalized spacial score (nSPS) is 26.3. The van der Waals surface area contributed by atoms with Crippen LogP contribution in [0.3, 0.4) is 0 Å². The fraction of sp³-hybridized carbons (Fsp3) is 0.562. The highest BCUT2D eigenvalue weighted by atomic mass is 127. The highest BCUT2D eigenvalue weighted by Gasteiger charge is 2.43. The lowest BCUT2D eigenvalue weighted by molar-refractivity contribution is -0.0937. The van der Waals surface area contributed by atoms with Crippen LogP contribution in [-0.4, -0.2) is 38.9 Å². The largest absolute Gasteiger partial charge is 0.493 e. The van der Waals surface area contributed by atoms with E-state index < -0.39 is 0 Å². The quantitative estimate of drug-likeness (QED) is 0.434. The molecular weight excluding hydrogens is 409 g/mol. The van der Waals surface area contributed by atoms with Crippen LogP contribution in [0.25, 0.3) is 0 Å². The molecule has 128 valence electrons. The topological polar surface area (TPSA) is 78.1 Å². The smallest absolute Gasteiger partial charge is 0.193 e.